The summed E-state index contributed by atoms with van der Waals surface area (Å²) in [5.41, 5.74) is 3.38. The molecule has 0 radical (unpaired) electrons. The minimum Gasteiger partial charge on any atom is -0.490 e. The topological polar surface area (TPSA) is 67.9 Å². The molecule has 3 aromatic rings. The zero-order valence-corrected chi connectivity index (χ0v) is 18.5. The summed E-state index contributed by atoms with van der Waals surface area (Å²) in [5.74, 6) is 0.253. The molecule has 0 saturated heterocycles. The molecule has 1 heterocycles. The monoisotopic (exact) mass is 442 g/mol. The maximum absolute atomic E-state index is 13.7. The number of carbonyl (C=O) groups is 2. The van der Waals surface area contributed by atoms with Crippen molar-refractivity contribution in [1.82, 2.24) is 0 Å². The largest absolute Gasteiger partial charge is 0.490 e. The van der Waals surface area contributed by atoms with Crippen LogP contribution in [0.2, 0.25) is 0 Å². The molecule has 6 nitrogen and oxygen atoms in total. The number of hydrogen-bond donors (Lipinski definition) is 1. The molecule has 2 aliphatic rings. The summed E-state index contributed by atoms with van der Waals surface area (Å²) in [7, 11) is 1.35. The lowest BCUT2D eigenvalue weighted by atomic mass is 10.0. The number of ether oxygens (including phenoxy) is 2. The van der Waals surface area contributed by atoms with Crippen LogP contribution in [-0.4, -0.2) is 25.1 Å². The molecule has 0 bridgehead atoms. The predicted octanol–water partition coefficient (Wildman–Crippen LogP) is 5.57. The van der Waals surface area contributed by atoms with Gasteiger partial charge in [0.2, 0.25) is 0 Å². The highest BCUT2D eigenvalue weighted by molar-refractivity contribution is 6.12. The lowest BCUT2D eigenvalue weighted by Crippen LogP contribution is -2.43. The van der Waals surface area contributed by atoms with Crippen molar-refractivity contribution < 1.29 is 19.1 Å². The van der Waals surface area contributed by atoms with Gasteiger partial charge in [0.15, 0.2) is 0 Å². The standard InChI is InChI=1S/C27H26N2O4/c1-32-27(31)18-14-16-19(17-15-18)29-25(28-23-12-6-4-10-21(23)26(29)30)22-11-5-7-13-24(22)33-20-8-2-3-9-20/h4-7,10-17,20,25,28H,2-3,8-9H2,1H3. The van der Waals surface area contributed by atoms with Crippen molar-refractivity contribution in [3.05, 3.63) is 89.5 Å². The normalized spacial score (nSPS) is 17.9. The van der Waals surface area contributed by atoms with Crippen molar-refractivity contribution in [2.24, 2.45) is 0 Å². The molecule has 1 aliphatic carbocycles. The smallest absolute Gasteiger partial charge is 0.337 e. The van der Waals surface area contributed by atoms with E-state index in [1.54, 1.807) is 29.2 Å². The second-order valence-corrected chi connectivity index (χ2v) is 8.37. The molecule has 5 rings (SSSR count). The molecular formula is C27H26N2O4. The molecule has 1 aliphatic heterocycles. The minimum atomic E-state index is -0.464. The lowest BCUT2D eigenvalue weighted by molar-refractivity contribution is 0.0600. The number of amides is 1. The molecule has 3 aromatic carbocycles. The highest BCUT2D eigenvalue weighted by Crippen LogP contribution is 2.40. The number of carbonyl (C=O) groups excluding carboxylic acids is 2. The maximum atomic E-state index is 13.7. The van der Waals surface area contributed by atoms with E-state index in [1.807, 2.05) is 48.5 Å². The summed E-state index contributed by atoms with van der Waals surface area (Å²) in [4.78, 5) is 27.3. The van der Waals surface area contributed by atoms with E-state index in [4.69, 9.17) is 9.47 Å². The van der Waals surface area contributed by atoms with E-state index in [0.29, 0.717) is 16.8 Å². The predicted molar refractivity (Wildman–Crippen MR) is 127 cm³/mol. The Morgan fingerprint density at radius 3 is 2.39 bits per heavy atom. The van der Waals surface area contributed by atoms with Gasteiger partial charge in [-0.2, -0.15) is 0 Å². The van der Waals surface area contributed by atoms with Crippen LogP contribution >= 0.6 is 0 Å². The van der Waals surface area contributed by atoms with Crippen molar-refractivity contribution >= 4 is 23.3 Å². The number of nitrogens with zero attached hydrogens (tertiary/aromatic N) is 1. The number of nitrogens with one attached hydrogen (secondary N) is 1. The van der Waals surface area contributed by atoms with Crippen LogP contribution in [0.25, 0.3) is 0 Å². The third-order valence-corrected chi connectivity index (χ3v) is 6.30. The highest BCUT2D eigenvalue weighted by atomic mass is 16.5. The number of esters is 1. The first kappa shape index (κ1) is 21.1. The van der Waals surface area contributed by atoms with Crippen molar-refractivity contribution in [3.8, 4) is 5.75 Å². The summed E-state index contributed by atoms with van der Waals surface area (Å²) in [5, 5.41) is 3.54. The SMILES string of the molecule is COC(=O)c1ccc(N2C(=O)c3ccccc3NC2c2ccccc2OC2CCCC2)cc1. The first-order chi connectivity index (χ1) is 16.2. The molecule has 33 heavy (non-hydrogen) atoms. The van der Waals surface area contributed by atoms with Gasteiger partial charge in [-0.3, -0.25) is 9.69 Å². The Hall–Kier alpha value is -3.80. The van der Waals surface area contributed by atoms with Gasteiger partial charge in [-0.25, -0.2) is 4.79 Å². The summed E-state index contributed by atoms with van der Waals surface area (Å²) in [6.45, 7) is 0. The van der Waals surface area contributed by atoms with Gasteiger partial charge in [-0.05, 0) is 68.1 Å². The zero-order valence-electron chi connectivity index (χ0n) is 18.5. The third-order valence-electron chi connectivity index (χ3n) is 6.30. The van der Waals surface area contributed by atoms with Gasteiger partial charge >= 0.3 is 5.97 Å². The van der Waals surface area contributed by atoms with E-state index in [2.05, 4.69) is 5.32 Å². The number of fused-ring (bicyclic) bond motifs is 1. The van der Waals surface area contributed by atoms with E-state index >= 15 is 0 Å². The van der Waals surface area contributed by atoms with Crippen LogP contribution in [0, 0.1) is 0 Å². The quantitative estimate of drug-likeness (QED) is 0.524. The molecular weight excluding hydrogens is 416 g/mol. The first-order valence-corrected chi connectivity index (χ1v) is 11.3. The van der Waals surface area contributed by atoms with E-state index in [1.165, 1.54) is 20.0 Å². The number of para-hydroxylation sites is 2. The van der Waals surface area contributed by atoms with Crippen LogP contribution in [0.3, 0.4) is 0 Å². The minimum absolute atomic E-state index is 0.115. The fourth-order valence-electron chi connectivity index (χ4n) is 4.61. The van der Waals surface area contributed by atoms with Gasteiger partial charge in [-0.1, -0.05) is 30.3 Å². The molecule has 1 fully saturated rings. The third kappa shape index (κ3) is 4.04. The Labute approximate surface area is 193 Å². The average Bonchev–Trinajstić information content (AvgIpc) is 3.37. The number of methoxy groups -OCH3 is 1. The van der Waals surface area contributed by atoms with Crippen LogP contribution < -0.4 is 15.0 Å². The van der Waals surface area contributed by atoms with Gasteiger partial charge < -0.3 is 14.8 Å². The van der Waals surface area contributed by atoms with Gasteiger partial charge in [0.05, 0.1) is 24.3 Å². The molecule has 1 N–H and O–H groups in total. The molecule has 0 aromatic heterocycles. The Morgan fingerprint density at radius 2 is 1.64 bits per heavy atom. The Morgan fingerprint density at radius 1 is 0.939 bits per heavy atom. The van der Waals surface area contributed by atoms with Gasteiger partial charge in [0, 0.05) is 16.9 Å². The fourth-order valence-corrected chi connectivity index (χ4v) is 4.61. The van der Waals surface area contributed by atoms with Crippen molar-refractivity contribution in [2.75, 3.05) is 17.3 Å². The number of hydrogen-bond acceptors (Lipinski definition) is 5. The van der Waals surface area contributed by atoms with Crippen molar-refractivity contribution in [3.63, 3.8) is 0 Å². The maximum Gasteiger partial charge on any atom is 0.337 e. The molecule has 6 heteroatoms. The van der Waals surface area contributed by atoms with E-state index in [-0.39, 0.29) is 12.0 Å². The van der Waals surface area contributed by atoms with E-state index < -0.39 is 12.1 Å². The molecule has 0 spiro atoms. The first-order valence-electron chi connectivity index (χ1n) is 11.3. The Bertz CT molecular complexity index is 1170. The van der Waals surface area contributed by atoms with Crippen LogP contribution in [0.4, 0.5) is 11.4 Å². The van der Waals surface area contributed by atoms with Crippen LogP contribution in [0.15, 0.2) is 72.8 Å². The van der Waals surface area contributed by atoms with Crippen LogP contribution in [0.1, 0.15) is 58.1 Å². The number of anilines is 2. The van der Waals surface area contributed by atoms with Crippen LogP contribution in [0.5, 0.6) is 5.75 Å². The molecule has 1 unspecified atom stereocenters. The Balaban J connectivity index is 1.57. The zero-order chi connectivity index (χ0) is 22.8. The van der Waals surface area contributed by atoms with Gasteiger partial charge in [0.1, 0.15) is 11.9 Å². The summed E-state index contributed by atoms with van der Waals surface area (Å²) >= 11 is 0. The second kappa shape index (κ2) is 8.98. The molecule has 1 atom stereocenters. The summed E-state index contributed by atoms with van der Waals surface area (Å²) in [6, 6.07) is 22.3. The molecule has 1 saturated carbocycles. The summed E-state index contributed by atoms with van der Waals surface area (Å²) in [6.07, 6.45) is 4.19. The van der Waals surface area contributed by atoms with Gasteiger partial charge in [-0.15, -0.1) is 0 Å². The van der Waals surface area contributed by atoms with Crippen molar-refractivity contribution in [2.45, 2.75) is 38.0 Å². The lowest BCUT2D eigenvalue weighted by Gasteiger charge is -2.39. The number of benzene rings is 3. The summed E-state index contributed by atoms with van der Waals surface area (Å²) < 4.78 is 11.2. The van der Waals surface area contributed by atoms with Crippen LogP contribution in [-0.2, 0) is 4.74 Å². The average molecular weight is 443 g/mol. The molecule has 1 amide bonds. The van der Waals surface area contributed by atoms with E-state index in [0.717, 1.165) is 29.8 Å². The van der Waals surface area contributed by atoms with Gasteiger partial charge in [0.25, 0.3) is 5.91 Å². The van der Waals surface area contributed by atoms with Crippen molar-refractivity contribution in [1.29, 1.82) is 0 Å². The Kier molecular flexibility index (Phi) is 5.73. The highest BCUT2D eigenvalue weighted by Gasteiger charge is 2.36. The second-order valence-electron chi connectivity index (χ2n) is 8.37. The molecule has 168 valence electrons. The number of rotatable bonds is 5. The van der Waals surface area contributed by atoms with E-state index in [9.17, 15) is 9.59 Å². The fraction of sp³-hybridized carbons (Fsp3) is 0.259.